The summed E-state index contributed by atoms with van der Waals surface area (Å²) in [5, 5.41) is 6.21. The Balaban J connectivity index is 2.17. The molecule has 0 bridgehead atoms. The first-order valence-electron chi connectivity index (χ1n) is 7.91. The molecule has 6 heteroatoms. The number of methoxy groups -OCH3 is 1. The first kappa shape index (κ1) is 18.2. The van der Waals surface area contributed by atoms with E-state index in [-0.39, 0.29) is 11.9 Å². The highest BCUT2D eigenvalue weighted by Gasteiger charge is 2.26. The van der Waals surface area contributed by atoms with Crippen LogP contribution in [0.4, 0.5) is 4.79 Å². The second-order valence-corrected chi connectivity index (χ2v) is 6.53. The maximum Gasteiger partial charge on any atom is 0.413 e. The number of benzene rings is 1. The lowest BCUT2D eigenvalue weighted by Gasteiger charge is -2.19. The molecular formula is C18H23N2O3S+. The van der Waals surface area contributed by atoms with Gasteiger partial charge in [-0.2, -0.15) is 0 Å². The Morgan fingerprint density at radius 3 is 2.50 bits per heavy atom. The van der Waals surface area contributed by atoms with Crippen LogP contribution in [0.25, 0.3) is 0 Å². The summed E-state index contributed by atoms with van der Waals surface area (Å²) in [5.74, 6) is -0.367. The van der Waals surface area contributed by atoms with Crippen LogP contribution in [-0.2, 0) is 16.0 Å². The van der Waals surface area contributed by atoms with Crippen LogP contribution in [0.3, 0.4) is 0 Å². The number of ether oxygens (including phenoxy) is 1. The molecule has 0 aliphatic rings. The van der Waals surface area contributed by atoms with Crippen LogP contribution in [0.2, 0.25) is 0 Å². The number of hydrogen-bond donors (Lipinski definition) is 2. The minimum Gasteiger partial charge on any atom is -0.453 e. The highest BCUT2D eigenvalue weighted by atomic mass is 32.1. The lowest BCUT2D eigenvalue weighted by Crippen LogP contribution is -2.92. The van der Waals surface area contributed by atoms with Crippen molar-refractivity contribution in [2.75, 3.05) is 7.11 Å². The van der Waals surface area contributed by atoms with Crippen molar-refractivity contribution in [1.29, 1.82) is 0 Å². The number of quaternary nitrogens is 1. The Hall–Kier alpha value is -2.18. The number of hydrogen-bond acceptors (Lipinski definition) is 4. The molecule has 1 heterocycles. The lowest BCUT2D eigenvalue weighted by molar-refractivity contribution is -0.704. The van der Waals surface area contributed by atoms with Gasteiger partial charge in [-0.3, -0.25) is 10.1 Å². The summed E-state index contributed by atoms with van der Waals surface area (Å²) < 4.78 is 4.48. The molecule has 128 valence electrons. The molecule has 2 amide bonds. The molecule has 3 N–H and O–H groups in total. The zero-order chi connectivity index (χ0) is 17.5. The molecule has 2 aromatic rings. The van der Waals surface area contributed by atoms with Gasteiger partial charge in [-0.15, -0.1) is 11.3 Å². The number of rotatable bonds is 6. The second kappa shape index (κ2) is 8.61. The third-order valence-corrected chi connectivity index (χ3v) is 4.86. The summed E-state index contributed by atoms with van der Waals surface area (Å²) in [7, 11) is 1.24. The van der Waals surface area contributed by atoms with E-state index in [1.54, 1.807) is 18.3 Å². The monoisotopic (exact) mass is 347 g/mol. The van der Waals surface area contributed by atoms with Crippen molar-refractivity contribution >= 4 is 23.3 Å². The molecule has 5 nitrogen and oxygen atoms in total. The third kappa shape index (κ3) is 4.66. The van der Waals surface area contributed by atoms with E-state index in [1.807, 2.05) is 16.8 Å². The Labute approximate surface area is 146 Å². The van der Waals surface area contributed by atoms with Gasteiger partial charge in [-0.25, -0.2) is 4.79 Å². The fourth-order valence-corrected chi connectivity index (χ4v) is 3.27. The van der Waals surface area contributed by atoms with Crippen molar-refractivity contribution in [3.63, 3.8) is 0 Å². The molecular weight excluding hydrogens is 324 g/mol. The summed E-state index contributed by atoms with van der Waals surface area (Å²) in [4.78, 5) is 24.5. The molecule has 0 unspecified atom stereocenters. The Bertz CT molecular complexity index is 668. The van der Waals surface area contributed by atoms with E-state index in [2.05, 4.69) is 47.3 Å². The fraction of sp³-hybridized carbons (Fsp3) is 0.333. The molecule has 0 saturated carbocycles. The molecule has 0 radical (unpaired) electrons. The minimum atomic E-state index is -0.736. The van der Waals surface area contributed by atoms with E-state index in [4.69, 9.17) is 0 Å². The standard InChI is InChI=1S/C18H22N2O3S/c1-4-13-7-9-14(10-8-13)16(15-6-5-11-24-15)19-12(2)17(21)20-18(22)23-3/h5-12,16,19H,4H2,1-3H3,(H,20,21,22)/p+1/t12-,16-/m1/s1. The minimum absolute atomic E-state index is 0.00861. The summed E-state index contributed by atoms with van der Waals surface area (Å²) in [6.45, 7) is 3.90. The number of nitrogens with two attached hydrogens (primary N) is 1. The van der Waals surface area contributed by atoms with Crippen LogP contribution >= 0.6 is 11.3 Å². The van der Waals surface area contributed by atoms with E-state index in [0.29, 0.717) is 0 Å². The van der Waals surface area contributed by atoms with Gasteiger partial charge in [0.15, 0.2) is 6.04 Å². The molecule has 0 spiro atoms. The normalized spacial score (nSPS) is 13.1. The number of thiophene rings is 1. The molecule has 2 atom stereocenters. The van der Waals surface area contributed by atoms with Crippen LogP contribution < -0.4 is 10.6 Å². The zero-order valence-electron chi connectivity index (χ0n) is 14.1. The average Bonchev–Trinajstić information content (AvgIpc) is 3.13. The van der Waals surface area contributed by atoms with Crippen molar-refractivity contribution in [2.24, 2.45) is 0 Å². The first-order chi connectivity index (χ1) is 11.5. The van der Waals surface area contributed by atoms with E-state index in [9.17, 15) is 9.59 Å². The SMILES string of the molecule is CCc1ccc([C@@H]([NH2+][C@H](C)C(=O)NC(=O)OC)c2cccs2)cc1. The number of aryl methyl sites for hydroxylation is 1. The van der Waals surface area contributed by atoms with Gasteiger partial charge in [0, 0.05) is 5.56 Å². The maximum atomic E-state index is 12.1. The van der Waals surface area contributed by atoms with Gasteiger partial charge < -0.3 is 10.1 Å². The Morgan fingerprint density at radius 2 is 1.96 bits per heavy atom. The van der Waals surface area contributed by atoms with Crippen LogP contribution in [0, 0.1) is 0 Å². The zero-order valence-corrected chi connectivity index (χ0v) is 14.9. The quantitative estimate of drug-likeness (QED) is 0.842. The van der Waals surface area contributed by atoms with Gasteiger partial charge in [-0.05, 0) is 30.4 Å². The molecule has 0 fully saturated rings. The van der Waals surface area contributed by atoms with Crippen LogP contribution in [0.1, 0.15) is 35.9 Å². The highest BCUT2D eigenvalue weighted by molar-refractivity contribution is 7.10. The van der Waals surface area contributed by atoms with Crippen molar-refractivity contribution < 1.29 is 19.6 Å². The molecule has 1 aromatic heterocycles. The van der Waals surface area contributed by atoms with Crippen molar-refractivity contribution in [1.82, 2.24) is 5.32 Å². The van der Waals surface area contributed by atoms with Crippen LogP contribution in [0.5, 0.6) is 0 Å². The molecule has 2 rings (SSSR count). The Morgan fingerprint density at radius 1 is 1.25 bits per heavy atom. The summed E-state index contributed by atoms with van der Waals surface area (Å²) in [6, 6.07) is 12.1. The van der Waals surface area contributed by atoms with Gasteiger partial charge in [0.05, 0.1) is 12.0 Å². The van der Waals surface area contributed by atoms with Crippen molar-refractivity contribution in [2.45, 2.75) is 32.4 Å². The number of amides is 2. The predicted molar refractivity (Wildman–Crippen MR) is 93.9 cm³/mol. The van der Waals surface area contributed by atoms with Crippen LogP contribution in [-0.4, -0.2) is 25.2 Å². The summed E-state index contributed by atoms with van der Waals surface area (Å²) >= 11 is 1.65. The number of nitrogens with one attached hydrogen (secondary N) is 1. The largest absolute Gasteiger partial charge is 0.453 e. The third-order valence-electron chi connectivity index (χ3n) is 3.90. The number of carbonyl (C=O) groups is 2. The summed E-state index contributed by atoms with van der Waals surface area (Å²) in [6.07, 6.45) is 0.256. The molecule has 24 heavy (non-hydrogen) atoms. The number of imide groups is 1. The lowest BCUT2D eigenvalue weighted by atomic mass is 10.0. The van der Waals surface area contributed by atoms with E-state index < -0.39 is 12.1 Å². The predicted octanol–water partition coefficient (Wildman–Crippen LogP) is 2.23. The second-order valence-electron chi connectivity index (χ2n) is 5.55. The van der Waals surface area contributed by atoms with Crippen LogP contribution in [0.15, 0.2) is 41.8 Å². The molecule has 0 saturated heterocycles. The van der Waals surface area contributed by atoms with E-state index in [1.165, 1.54) is 12.7 Å². The highest BCUT2D eigenvalue weighted by Crippen LogP contribution is 2.23. The van der Waals surface area contributed by atoms with Crippen molar-refractivity contribution in [3.8, 4) is 0 Å². The van der Waals surface area contributed by atoms with Gasteiger partial charge in [-0.1, -0.05) is 37.3 Å². The molecule has 0 aliphatic carbocycles. The Kier molecular flexibility index (Phi) is 6.52. The van der Waals surface area contributed by atoms with Gasteiger partial charge in [0.1, 0.15) is 6.04 Å². The summed E-state index contributed by atoms with van der Waals surface area (Å²) in [5.41, 5.74) is 2.41. The van der Waals surface area contributed by atoms with Gasteiger partial charge in [0.2, 0.25) is 0 Å². The fourth-order valence-electron chi connectivity index (χ4n) is 2.44. The van der Waals surface area contributed by atoms with E-state index >= 15 is 0 Å². The maximum absolute atomic E-state index is 12.1. The molecule has 1 aromatic carbocycles. The average molecular weight is 347 g/mol. The first-order valence-corrected chi connectivity index (χ1v) is 8.79. The van der Waals surface area contributed by atoms with E-state index in [0.717, 1.165) is 16.9 Å². The number of alkyl carbamates (subject to hydrolysis) is 1. The van der Waals surface area contributed by atoms with Crippen molar-refractivity contribution in [3.05, 3.63) is 57.8 Å². The van der Waals surface area contributed by atoms with Gasteiger partial charge in [0.25, 0.3) is 5.91 Å². The smallest absolute Gasteiger partial charge is 0.413 e. The topological polar surface area (TPSA) is 72.0 Å². The van der Waals surface area contributed by atoms with Gasteiger partial charge >= 0.3 is 6.09 Å². The number of carbonyl (C=O) groups excluding carboxylic acids is 2. The molecule has 0 aliphatic heterocycles.